The molecule has 4 rings (SSSR count). The number of aromatic carboxylic acids is 2. The molecule has 0 saturated carbocycles. The molecular formula is C39H56N4O9S. The quantitative estimate of drug-likeness (QED) is 0.0489. The third kappa shape index (κ3) is 18.7. The molecular weight excluding hydrogens is 701 g/mol. The van der Waals surface area contributed by atoms with Crippen molar-refractivity contribution in [2.24, 2.45) is 5.92 Å². The van der Waals surface area contributed by atoms with Crippen molar-refractivity contribution in [3.8, 4) is 0 Å². The topological polar surface area (TPSA) is 202 Å². The number of carboxylic acid groups (broad SMARTS) is 2. The molecule has 0 spiro atoms. The fourth-order valence-electron chi connectivity index (χ4n) is 4.00. The summed E-state index contributed by atoms with van der Waals surface area (Å²) in [5.74, 6) is -2.23. The van der Waals surface area contributed by atoms with E-state index < -0.39 is 29.7 Å². The normalized spacial score (nSPS) is 14.8. The van der Waals surface area contributed by atoms with Crippen LogP contribution in [0.4, 0.5) is 11.8 Å². The van der Waals surface area contributed by atoms with Crippen molar-refractivity contribution in [2.45, 2.75) is 85.0 Å². The summed E-state index contributed by atoms with van der Waals surface area (Å²) >= 11 is 1.16. The number of nitrogens with one attached hydrogen (secondary N) is 1. The molecule has 3 atom stereocenters. The van der Waals surface area contributed by atoms with Gasteiger partial charge in [-0.05, 0) is 49.8 Å². The third-order valence-corrected chi connectivity index (χ3v) is 7.39. The van der Waals surface area contributed by atoms with Crippen LogP contribution >= 0.6 is 11.8 Å². The van der Waals surface area contributed by atoms with Gasteiger partial charge in [0, 0.05) is 11.5 Å². The molecule has 5 N–H and O–H groups in total. The highest BCUT2D eigenvalue weighted by molar-refractivity contribution is 7.98. The van der Waals surface area contributed by atoms with E-state index >= 15 is 0 Å². The minimum absolute atomic E-state index is 0.0612. The Morgan fingerprint density at radius 2 is 1.49 bits per heavy atom. The van der Waals surface area contributed by atoms with Crippen LogP contribution < -0.4 is 16.2 Å². The molecule has 292 valence electrons. The SMILES string of the molecule is C=C(CC)C(=O)OCC1CC(C)C(N(C=O)c2nc(N)[nH]c(=O)c2SC)O1.C=CCC.CC.CC.O=C(O)c1ccccc1.O=C(O)c1ccccc1. The Hall–Kier alpha value is -5.21. The van der Waals surface area contributed by atoms with Crippen LogP contribution in [0.25, 0.3) is 0 Å². The number of hydrogen-bond acceptors (Lipinski definition) is 10. The van der Waals surface area contributed by atoms with Gasteiger partial charge in [-0.3, -0.25) is 19.5 Å². The van der Waals surface area contributed by atoms with Crippen LogP contribution in [-0.2, 0) is 19.1 Å². The van der Waals surface area contributed by atoms with E-state index in [1.807, 2.05) is 47.6 Å². The molecule has 3 unspecified atom stereocenters. The number of nitrogens with two attached hydrogens (primary N) is 1. The molecule has 1 amide bonds. The van der Waals surface area contributed by atoms with Crippen molar-refractivity contribution in [1.82, 2.24) is 9.97 Å². The van der Waals surface area contributed by atoms with Gasteiger partial charge in [-0.1, -0.05) is 97.5 Å². The number of H-pyrrole nitrogens is 1. The lowest BCUT2D eigenvalue weighted by atomic mass is 10.1. The standard InChI is InChI=1S/C17H24N4O5S.2C7H6O2.C4H8.2C2H6/c1-5-9(2)16(24)25-7-11-6-10(3)15(26-11)21(8-22)13-12(27-4)14(23)20-17(18)19-13;2*8-7(9)6-4-2-1-3-5-6;1-3-4-2;2*1-2/h8,10-11,15H,2,5-7H2,1,3-4H3,(H3,18,19,20,23);2*1-5H,(H,8,9);3H,1,4H2,2H3;2*1-2H3. The Balaban J connectivity index is 0. The number of nitrogens with zero attached hydrogens (tertiary/aromatic N) is 2. The van der Waals surface area contributed by atoms with Gasteiger partial charge >= 0.3 is 17.9 Å². The Kier molecular flexibility index (Phi) is 27.7. The number of nitrogen functional groups attached to an aromatic ring is 1. The number of carboxylic acids is 2. The number of carbonyl (C=O) groups excluding carboxylic acids is 2. The van der Waals surface area contributed by atoms with Crippen LogP contribution in [0.15, 0.2) is 95.2 Å². The van der Waals surface area contributed by atoms with Crippen LogP contribution in [-0.4, -0.2) is 69.7 Å². The largest absolute Gasteiger partial charge is 0.478 e. The first-order valence-electron chi connectivity index (χ1n) is 17.2. The van der Waals surface area contributed by atoms with E-state index in [1.165, 1.54) is 4.90 Å². The van der Waals surface area contributed by atoms with E-state index in [4.69, 9.17) is 25.4 Å². The van der Waals surface area contributed by atoms with Gasteiger partial charge in [0.15, 0.2) is 5.82 Å². The Morgan fingerprint density at radius 1 is 1.02 bits per heavy atom. The first-order valence-corrected chi connectivity index (χ1v) is 18.4. The van der Waals surface area contributed by atoms with Gasteiger partial charge < -0.3 is 25.4 Å². The molecule has 2 aromatic carbocycles. The van der Waals surface area contributed by atoms with E-state index in [2.05, 4.69) is 30.0 Å². The highest BCUT2D eigenvalue weighted by atomic mass is 32.2. The van der Waals surface area contributed by atoms with Crippen LogP contribution in [0.3, 0.4) is 0 Å². The summed E-state index contributed by atoms with van der Waals surface area (Å²) in [5.41, 5.74) is 6.26. The molecule has 1 fully saturated rings. The molecule has 3 aromatic rings. The Bertz CT molecular complexity index is 1540. The maximum atomic E-state index is 12.1. The van der Waals surface area contributed by atoms with Crippen molar-refractivity contribution in [3.63, 3.8) is 0 Å². The molecule has 1 aliphatic rings. The molecule has 0 aliphatic carbocycles. The van der Waals surface area contributed by atoms with Gasteiger partial charge in [-0.25, -0.2) is 14.4 Å². The summed E-state index contributed by atoms with van der Waals surface area (Å²) in [4.78, 5) is 64.1. The Morgan fingerprint density at radius 3 is 1.85 bits per heavy atom. The average molecular weight is 757 g/mol. The van der Waals surface area contributed by atoms with Crippen molar-refractivity contribution >= 4 is 47.8 Å². The summed E-state index contributed by atoms with van der Waals surface area (Å²) in [6.07, 6.45) is 5.29. The molecule has 53 heavy (non-hydrogen) atoms. The van der Waals surface area contributed by atoms with Crippen molar-refractivity contribution in [2.75, 3.05) is 23.5 Å². The van der Waals surface area contributed by atoms with Crippen LogP contribution in [0.2, 0.25) is 0 Å². The molecule has 0 bridgehead atoms. The number of rotatable bonds is 11. The van der Waals surface area contributed by atoms with Crippen molar-refractivity contribution in [1.29, 1.82) is 0 Å². The Labute approximate surface area is 317 Å². The lowest BCUT2D eigenvalue weighted by Crippen LogP contribution is -2.40. The first kappa shape index (κ1) is 49.9. The lowest BCUT2D eigenvalue weighted by Gasteiger charge is -2.27. The van der Waals surface area contributed by atoms with E-state index in [1.54, 1.807) is 66.9 Å². The van der Waals surface area contributed by atoms with Crippen LogP contribution in [0.5, 0.6) is 0 Å². The summed E-state index contributed by atoms with van der Waals surface area (Å²) < 4.78 is 11.1. The zero-order valence-electron chi connectivity index (χ0n) is 32.0. The van der Waals surface area contributed by atoms with Crippen LogP contribution in [0.1, 0.15) is 88.4 Å². The number of carbonyl (C=O) groups is 4. The molecule has 1 aliphatic heterocycles. The molecule has 0 radical (unpaired) electrons. The number of thioether (sulfide) groups is 1. The minimum Gasteiger partial charge on any atom is -0.478 e. The summed E-state index contributed by atoms with van der Waals surface area (Å²) in [6.45, 7) is 21.0. The zero-order valence-corrected chi connectivity index (χ0v) is 32.9. The van der Waals surface area contributed by atoms with Crippen molar-refractivity contribution < 1.29 is 38.9 Å². The predicted octanol–water partition coefficient (Wildman–Crippen LogP) is 7.70. The lowest BCUT2D eigenvalue weighted by molar-refractivity contribution is -0.143. The zero-order chi connectivity index (χ0) is 40.9. The molecule has 14 heteroatoms. The minimum atomic E-state index is -0.879. The van der Waals surface area contributed by atoms with Crippen LogP contribution in [0, 0.1) is 5.92 Å². The third-order valence-electron chi connectivity index (χ3n) is 6.61. The molecule has 13 nitrogen and oxygen atoms in total. The second-order valence-electron chi connectivity index (χ2n) is 10.3. The van der Waals surface area contributed by atoms with E-state index in [0.29, 0.717) is 36.0 Å². The number of esters is 1. The number of amides is 1. The highest BCUT2D eigenvalue weighted by Crippen LogP contribution is 2.33. The summed E-state index contributed by atoms with van der Waals surface area (Å²) in [7, 11) is 0. The fourth-order valence-corrected chi connectivity index (χ4v) is 4.57. The van der Waals surface area contributed by atoms with Gasteiger partial charge in [-0.15, -0.1) is 18.3 Å². The van der Waals surface area contributed by atoms with Gasteiger partial charge in [-0.2, -0.15) is 4.98 Å². The van der Waals surface area contributed by atoms with Gasteiger partial charge in [0.1, 0.15) is 17.7 Å². The molecule has 1 saturated heterocycles. The summed E-state index contributed by atoms with van der Waals surface area (Å²) in [5, 5.41) is 16.8. The predicted molar refractivity (Wildman–Crippen MR) is 212 cm³/mol. The maximum Gasteiger partial charge on any atom is 0.335 e. The first-order chi connectivity index (χ1) is 25.3. The maximum absolute atomic E-state index is 12.1. The number of ether oxygens (including phenoxy) is 2. The number of benzene rings is 2. The van der Waals surface area contributed by atoms with E-state index in [9.17, 15) is 24.0 Å². The molecule has 1 aromatic heterocycles. The second-order valence-corrected chi connectivity index (χ2v) is 11.1. The van der Waals surface area contributed by atoms with E-state index in [-0.39, 0.29) is 35.3 Å². The van der Waals surface area contributed by atoms with Gasteiger partial charge in [0.25, 0.3) is 5.56 Å². The fraction of sp³-hybridized carbons (Fsp3) is 0.385. The highest BCUT2D eigenvalue weighted by Gasteiger charge is 2.38. The number of allylic oxidation sites excluding steroid dienone is 1. The van der Waals surface area contributed by atoms with Gasteiger partial charge in [0.2, 0.25) is 12.4 Å². The number of anilines is 2. The monoisotopic (exact) mass is 756 g/mol. The number of aromatic amines is 1. The average Bonchev–Trinajstić information content (AvgIpc) is 3.55. The van der Waals surface area contributed by atoms with Crippen molar-refractivity contribution in [3.05, 3.63) is 107 Å². The van der Waals surface area contributed by atoms with Gasteiger partial charge in [0.05, 0.1) is 17.2 Å². The number of aromatic nitrogens is 2. The van der Waals surface area contributed by atoms with E-state index in [0.717, 1.165) is 18.2 Å². The summed E-state index contributed by atoms with van der Waals surface area (Å²) in [6, 6.07) is 16.6. The second kappa shape index (κ2) is 29.4. The molecule has 2 heterocycles. The smallest absolute Gasteiger partial charge is 0.335 e. The number of hydrogen-bond donors (Lipinski definition) is 4.